The molecular weight excluding hydrogens is 753 g/mol. The molecular formula is C52H72O8. The van der Waals surface area contributed by atoms with Crippen molar-refractivity contribution in [3.63, 3.8) is 0 Å². The Kier molecular flexibility index (Phi) is 23.6. The summed E-state index contributed by atoms with van der Waals surface area (Å²) in [5.41, 5.74) is 8.56. The highest BCUT2D eigenvalue weighted by molar-refractivity contribution is 5.77. The smallest absolute Gasteiger partial charge is 0.310 e. The van der Waals surface area contributed by atoms with E-state index in [0.717, 1.165) is 47.9 Å². The molecule has 8 heteroatoms. The van der Waals surface area contributed by atoms with E-state index in [4.69, 9.17) is 20.4 Å². The standard InChI is InChI=1S/4C13H18O2/c4*1-9(2)8-11-4-6-12(7-5-11)10(3)13(14)15/h4*4-7,9-10H,8H2,1-3H3,(H,14,15). The number of rotatable bonds is 16. The molecule has 0 aliphatic carbocycles. The van der Waals surface area contributed by atoms with Gasteiger partial charge in [-0.05, 0) is 122 Å². The van der Waals surface area contributed by atoms with E-state index in [9.17, 15) is 19.2 Å². The largest absolute Gasteiger partial charge is 0.481 e. The SMILES string of the molecule is CC(C)Cc1ccc(C(C)C(=O)O)cc1.CC(C)Cc1ccc(C(C)C(=O)O)cc1.CC(C)Cc1ccc(C(C)C(=O)O)cc1.CC(C)Cc1ccc(C(C)C(=O)O)cc1. The van der Waals surface area contributed by atoms with E-state index < -0.39 is 47.5 Å². The molecule has 0 fully saturated rings. The average Bonchev–Trinajstić information content (AvgIpc) is 3.17. The number of aliphatic carboxylic acids is 4. The molecule has 0 aliphatic rings. The van der Waals surface area contributed by atoms with Crippen molar-refractivity contribution < 1.29 is 39.6 Å². The van der Waals surface area contributed by atoms with Crippen molar-refractivity contribution in [2.75, 3.05) is 0 Å². The van der Waals surface area contributed by atoms with E-state index in [-0.39, 0.29) is 0 Å². The number of carbonyl (C=O) groups is 4. The molecule has 4 aromatic rings. The zero-order valence-corrected chi connectivity index (χ0v) is 38.1. The van der Waals surface area contributed by atoms with Crippen molar-refractivity contribution in [3.8, 4) is 0 Å². The molecule has 4 aromatic carbocycles. The summed E-state index contributed by atoms with van der Waals surface area (Å²) in [6.07, 6.45) is 4.17. The van der Waals surface area contributed by atoms with Gasteiger partial charge in [-0.25, -0.2) is 0 Å². The van der Waals surface area contributed by atoms with E-state index >= 15 is 0 Å². The first-order valence-electron chi connectivity index (χ1n) is 21.3. The van der Waals surface area contributed by atoms with Crippen LogP contribution in [0.1, 0.15) is 151 Å². The Bertz CT molecular complexity index is 1580. The van der Waals surface area contributed by atoms with Crippen LogP contribution in [-0.4, -0.2) is 44.3 Å². The minimum Gasteiger partial charge on any atom is -0.481 e. The Hall–Kier alpha value is -5.24. The second-order valence-electron chi connectivity index (χ2n) is 17.6. The summed E-state index contributed by atoms with van der Waals surface area (Å²) in [5, 5.41) is 35.4. The van der Waals surface area contributed by atoms with Crippen LogP contribution in [0, 0.1) is 23.7 Å². The second-order valence-corrected chi connectivity index (χ2v) is 17.6. The summed E-state index contributed by atoms with van der Waals surface area (Å²) in [6, 6.07) is 31.5. The fraction of sp³-hybridized carbons (Fsp3) is 0.462. The molecule has 4 atom stereocenters. The number of carboxylic acids is 4. The molecule has 0 amide bonds. The van der Waals surface area contributed by atoms with Gasteiger partial charge in [0.25, 0.3) is 0 Å². The van der Waals surface area contributed by atoms with E-state index in [1.54, 1.807) is 27.7 Å². The van der Waals surface area contributed by atoms with Crippen LogP contribution in [0.15, 0.2) is 97.1 Å². The third-order valence-electron chi connectivity index (χ3n) is 9.98. The maximum absolute atomic E-state index is 10.8. The van der Waals surface area contributed by atoms with Crippen molar-refractivity contribution in [2.24, 2.45) is 23.7 Å². The molecule has 0 heterocycles. The van der Waals surface area contributed by atoms with Gasteiger partial charge in [-0.3, -0.25) is 19.2 Å². The van der Waals surface area contributed by atoms with Crippen LogP contribution >= 0.6 is 0 Å². The highest BCUT2D eigenvalue weighted by Gasteiger charge is 2.16. The van der Waals surface area contributed by atoms with Gasteiger partial charge in [-0.2, -0.15) is 0 Å². The van der Waals surface area contributed by atoms with Gasteiger partial charge >= 0.3 is 23.9 Å². The highest BCUT2D eigenvalue weighted by Crippen LogP contribution is 2.21. The molecule has 0 aliphatic heterocycles. The summed E-state index contributed by atoms with van der Waals surface area (Å²) >= 11 is 0. The lowest BCUT2D eigenvalue weighted by atomic mass is 9.97. The minimum absolute atomic E-state index is 0.418. The molecule has 0 saturated carbocycles. The van der Waals surface area contributed by atoms with Crippen molar-refractivity contribution in [3.05, 3.63) is 142 Å². The molecule has 0 spiro atoms. The summed E-state index contributed by atoms with van der Waals surface area (Å²) in [7, 11) is 0. The van der Waals surface area contributed by atoms with Crippen LogP contribution in [-0.2, 0) is 44.9 Å². The quantitative estimate of drug-likeness (QED) is 0.0872. The predicted molar refractivity (Wildman–Crippen MR) is 244 cm³/mol. The lowest BCUT2D eigenvalue weighted by molar-refractivity contribution is -0.139. The third kappa shape index (κ3) is 20.6. The van der Waals surface area contributed by atoms with Crippen LogP contribution in [0.2, 0.25) is 0 Å². The molecule has 0 aromatic heterocycles. The van der Waals surface area contributed by atoms with Gasteiger partial charge in [0, 0.05) is 0 Å². The third-order valence-corrected chi connectivity index (χ3v) is 9.98. The first-order valence-corrected chi connectivity index (χ1v) is 21.3. The second kappa shape index (κ2) is 26.8. The highest BCUT2D eigenvalue weighted by atomic mass is 16.4. The van der Waals surface area contributed by atoms with Gasteiger partial charge in [0.2, 0.25) is 0 Å². The van der Waals surface area contributed by atoms with Crippen molar-refractivity contribution in [1.29, 1.82) is 0 Å². The molecule has 4 rings (SSSR count). The van der Waals surface area contributed by atoms with Gasteiger partial charge in [0.05, 0.1) is 23.7 Å². The monoisotopic (exact) mass is 825 g/mol. The molecule has 328 valence electrons. The normalized spacial score (nSPS) is 12.8. The van der Waals surface area contributed by atoms with Crippen LogP contribution in [0.3, 0.4) is 0 Å². The molecule has 8 nitrogen and oxygen atoms in total. The van der Waals surface area contributed by atoms with Gasteiger partial charge in [-0.15, -0.1) is 0 Å². The Morgan fingerprint density at radius 3 is 0.533 bits per heavy atom. The Morgan fingerprint density at radius 2 is 0.433 bits per heavy atom. The number of hydrogen-bond acceptors (Lipinski definition) is 4. The predicted octanol–water partition coefficient (Wildman–Crippen LogP) is 12.3. The van der Waals surface area contributed by atoms with Gasteiger partial charge in [0.1, 0.15) is 0 Å². The van der Waals surface area contributed by atoms with Crippen molar-refractivity contribution in [1.82, 2.24) is 0 Å². The van der Waals surface area contributed by atoms with Crippen LogP contribution in [0.4, 0.5) is 0 Å². The van der Waals surface area contributed by atoms with Crippen LogP contribution in [0.25, 0.3) is 0 Å². The summed E-state index contributed by atoms with van der Waals surface area (Å²) in [4.78, 5) is 43.0. The number of hydrogen-bond donors (Lipinski definition) is 4. The molecule has 4 N–H and O–H groups in total. The first kappa shape index (κ1) is 52.8. The lowest BCUT2D eigenvalue weighted by Crippen LogP contribution is -2.07. The van der Waals surface area contributed by atoms with E-state index in [0.29, 0.717) is 23.7 Å². The van der Waals surface area contributed by atoms with Gasteiger partial charge in [0.15, 0.2) is 0 Å². The number of carboxylic acid groups (broad SMARTS) is 4. The topological polar surface area (TPSA) is 149 Å². The Morgan fingerprint density at radius 1 is 0.300 bits per heavy atom. The van der Waals surface area contributed by atoms with E-state index in [1.165, 1.54) is 22.3 Å². The van der Waals surface area contributed by atoms with Gasteiger partial charge in [-0.1, -0.05) is 152 Å². The fourth-order valence-electron chi connectivity index (χ4n) is 6.23. The number of benzene rings is 4. The summed E-state index contributed by atoms with van der Waals surface area (Å²) in [5.74, 6) is -2.23. The Labute approximate surface area is 360 Å². The zero-order valence-electron chi connectivity index (χ0n) is 38.1. The van der Waals surface area contributed by atoms with Crippen LogP contribution in [0.5, 0.6) is 0 Å². The fourth-order valence-corrected chi connectivity index (χ4v) is 6.23. The molecule has 0 radical (unpaired) electrons. The maximum atomic E-state index is 10.8. The maximum Gasteiger partial charge on any atom is 0.310 e. The first-order chi connectivity index (χ1) is 28.0. The van der Waals surface area contributed by atoms with Crippen LogP contribution < -0.4 is 0 Å². The molecule has 0 bridgehead atoms. The minimum atomic E-state index is -0.772. The van der Waals surface area contributed by atoms with Gasteiger partial charge < -0.3 is 20.4 Å². The van der Waals surface area contributed by atoms with E-state index in [2.05, 4.69) is 55.4 Å². The zero-order chi connectivity index (χ0) is 45.7. The Balaban J connectivity index is 0.000000400. The summed E-state index contributed by atoms with van der Waals surface area (Å²) in [6.45, 7) is 24.2. The molecule has 4 unspecified atom stereocenters. The van der Waals surface area contributed by atoms with E-state index in [1.807, 2.05) is 97.1 Å². The lowest BCUT2D eigenvalue weighted by Gasteiger charge is -2.09. The molecule has 0 saturated heterocycles. The molecule has 60 heavy (non-hydrogen) atoms. The average molecular weight is 825 g/mol. The van der Waals surface area contributed by atoms with Crippen molar-refractivity contribution >= 4 is 23.9 Å². The summed E-state index contributed by atoms with van der Waals surface area (Å²) < 4.78 is 0. The van der Waals surface area contributed by atoms with Crippen molar-refractivity contribution in [2.45, 2.75) is 132 Å².